The van der Waals surface area contributed by atoms with Gasteiger partial charge in [0.05, 0.1) is 30.0 Å². The van der Waals surface area contributed by atoms with Crippen LogP contribution in [-0.4, -0.2) is 77.8 Å². The van der Waals surface area contributed by atoms with Crippen molar-refractivity contribution >= 4 is 34.9 Å². The average molecular weight is 485 g/mol. The van der Waals surface area contributed by atoms with Gasteiger partial charge in [0.25, 0.3) is 0 Å². The Morgan fingerprint density at radius 1 is 1.14 bits per heavy atom. The molecular weight excluding hydrogens is 456 g/mol. The van der Waals surface area contributed by atoms with E-state index in [1.165, 1.54) is 12.7 Å². The number of urea groups is 1. The van der Waals surface area contributed by atoms with E-state index >= 15 is 0 Å². The Morgan fingerprint density at radius 2 is 1.97 bits per heavy atom. The van der Waals surface area contributed by atoms with Crippen molar-refractivity contribution in [2.45, 2.75) is 32.0 Å². The van der Waals surface area contributed by atoms with Crippen LogP contribution in [0.1, 0.15) is 29.5 Å². The quantitative estimate of drug-likeness (QED) is 0.567. The van der Waals surface area contributed by atoms with Gasteiger partial charge < -0.3 is 14.5 Å². The lowest BCUT2D eigenvalue weighted by Gasteiger charge is -2.43. The van der Waals surface area contributed by atoms with Crippen LogP contribution in [0.15, 0.2) is 41.5 Å². The van der Waals surface area contributed by atoms with Gasteiger partial charge in [0.15, 0.2) is 0 Å². The van der Waals surface area contributed by atoms with Gasteiger partial charge >= 0.3 is 6.03 Å². The Balaban J connectivity index is 1.39. The van der Waals surface area contributed by atoms with Crippen LogP contribution in [0.3, 0.4) is 0 Å². The topological polar surface area (TPSA) is 91.2 Å². The summed E-state index contributed by atoms with van der Waals surface area (Å²) in [5, 5.41) is 0. The largest absolute Gasteiger partial charge is 0.375 e. The van der Waals surface area contributed by atoms with Crippen LogP contribution in [0.2, 0.25) is 0 Å². The minimum absolute atomic E-state index is 0.0150. The molecule has 0 aliphatic carbocycles. The van der Waals surface area contributed by atoms with Gasteiger partial charge in [0.2, 0.25) is 5.91 Å². The molecule has 9 nitrogen and oxygen atoms in total. The maximum atomic E-state index is 13.5. The lowest BCUT2D eigenvalue weighted by molar-refractivity contribution is -0.136. The molecule has 3 aliphatic rings. The van der Waals surface area contributed by atoms with Crippen LogP contribution in [0.4, 0.5) is 10.5 Å². The third kappa shape index (κ3) is 3.80. The molecule has 0 radical (unpaired) electrons. The van der Waals surface area contributed by atoms with E-state index < -0.39 is 0 Å². The number of benzene rings is 1. The highest BCUT2D eigenvalue weighted by atomic mass is 16.5. The van der Waals surface area contributed by atoms with Crippen molar-refractivity contribution in [2.24, 2.45) is 4.99 Å². The monoisotopic (exact) mass is 484 g/mol. The first kappa shape index (κ1) is 22.6. The van der Waals surface area contributed by atoms with E-state index in [9.17, 15) is 9.59 Å². The van der Waals surface area contributed by atoms with Crippen molar-refractivity contribution in [2.75, 3.05) is 38.8 Å². The zero-order chi connectivity index (χ0) is 24.8. The Bertz CT molecular complexity index is 1400. The summed E-state index contributed by atoms with van der Waals surface area (Å²) in [5.74, 6) is -0.0150. The lowest BCUT2D eigenvalue weighted by atomic mass is 9.99. The molecule has 1 fully saturated rings. The number of nitrogens with zero attached hydrogens (tertiary/aromatic N) is 6. The van der Waals surface area contributed by atoms with E-state index in [2.05, 4.69) is 28.2 Å². The van der Waals surface area contributed by atoms with Crippen molar-refractivity contribution in [3.05, 3.63) is 53.2 Å². The van der Waals surface area contributed by atoms with Gasteiger partial charge in [-0.2, -0.15) is 0 Å². The standard InChI is InChI=1S/C27H28N6O3/c1-31-15-20-14-29-23-6-5-22(17-3-4-18-12-28-13-19(18)11-17)30-25(23)26(20)33(27(31)35)21-7-9-32(10-8-21)24(34)16-36-2/h3-6,11,13-14,21H,7-10,12,15-16H2,1-2H3. The number of hydrogen-bond acceptors (Lipinski definition) is 6. The van der Waals surface area contributed by atoms with Crippen LogP contribution in [0.25, 0.3) is 22.3 Å². The fourth-order valence-corrected chi connectivity index (χ4v) is 5.43. The van der Waals surface area contributed by atoms with E-state index in [0.29, 0.717) is 32.5 Å². The summed E-state index contributed by atoms with van der Waals surface area (Å²) in [7, 11) is 3.34. The van der Waals surface area contributed by atoms with Gasteiger partial charge in [-0.15, -0.1) is 0 Å². The molecule has 0 unspecified atom stereocenters. The van der Waals surface area contributed by atoms with Crippen LogP contribution >= 0.6 is 0 Å². The van der Waals surface area contributed by atoms with Gasteiger partial charge in [-0.1, -0.05) is 12.1 Å². The molecule has 9 heteroatoms. The van der Waals surface area contributed by atoms with E-state index in [1.54, 1.807) is 4.90 Å². The SMILES string of the molecule is COCC(=O)N1CCC(N2C(=O)N(C)Cc3cnc4ccc(-c5ccc6c(c5)C=NC6)nc4c32)CC1. The molecular formula is C27H28N6O3. The summed E-state index contributed by atoms with van der Waals surface area (Å²) in [6, 6.07) is 10.2. The minimum Gasteiger partial charge on any atom is -0.375 e. The highest BCUT2D eigenvalue weighted by Crippen LogP contribution is 2.38. The minimum atomic E-state index is -0.0439. The molecule has 3 aromatic rings. The second kappa shape index (κ2) is 8.98. The number of aromatic nitrogens is 2. The normalized spacial score (nSPS) is 17.6. The van der Waals surface area contributed by atoms with Gasteiger partial charge in [0, 0.05) is 56.8 Å². The van der Waals surface area contributed by atoms with E-state index in [-0.39, 0.29) is 24.6 Å². The van der Waals surface area contributed by atoms with Crippen LogP contribution in [0.5, 0.6) is 0 Å². The number of aliphatic imine (C=N–C) groups is 1. The van der Waals surface area contributed by atoms with Crippen LogP contribution in [-0.2, 0) is 22.6 Å². The summed E-state index contributed by atoms with van der Waals surface area (Å²) < 4.78 is 5.01. The molecule has 184 valence electrons. The zero-order valence-corrected chi connectivity index (χ0v) is 20.5. The number of amides is 3. The number of carbonyl (C=O) groups excluding carboxylic acids is 2. The van der Waals surface area contributed by atoms with Gasteiger partial charge in [0.1, 0.15) is 12.1 Å². The Hall–Kier alpha value is -3.85. The van der Waals surface area contributed by atoms with Crippen molar-refractivity contribution < 1.29 is 14.3 Å². The predicted molar refractivity (Wildman–Crippen MR) is 137 cm³/mol. The number of likely N-dealkylation sites (tertiary alicyclic amines) is 1. The second-order valence-corrected chi connectivity index (χ2v) is 9.63. The van der Waals surface area contributed by atoms with Crippen molar-refractivity contribution in [3.63, 3.8) is 0 Å². The average Bonchev–Trinajstić information content (AvgIpc) is 3.37. The fourth-order valence-electron chi connectivity index (χ4n) is 5.43. The molecule has 6 rings (SSSR count). The van der Waals surface area contributed by atoms with Crippen molar-refractivity contribution in [1.29, 1.82) is 0 Å². The predicted octanol–water partition coefficient (Wildman–Crippen LogP) is 3.24. The molecule has 2 aromatic heterocycles. The maximum absolute atomic E-state index is 13.5. The Morgan fingerprint density at radius 3 is 2.78 bits per heavy atom. The molecule has 0 bridgehead atoms. The van der Waals surface area contributed by atoms with Crippen LogP contribution < -0.4 is 4.90 Å². The zero-order valence-electron chi connectivity index (χ0n) is 20.5. The highest BCUT2D eigenvalue weighted by Gasteiger charge is 2.37. The lowest BCUT2D eigenvalue weighted by Crippen LogP contribution is -2.54. The summed E-state index contributed by atoms with van der Waals surface area (Å²) in [5.41, 5.74) is 7.50. The number of hydrogen-bond donors (Lipinski definition) is 0. The number of rotatable bonds is 4. The first-order chi connectivity index (χ1) is 17.5. The van der Waals surface area contributed by atoms with E-state index in [1.807, 2.05) is 41.4 Å². The first-order valence-corrected chi connectivity index (χ1v) is 12.3. The van der Waals surface area contributed by atoms with Crippen molar-refractivity contribution in [3.8, 4) is 11.3 Å². The molecule has 0 spiro atoms. The number of piperidine rings is 1. The fraction of sp³-hybridized carbons (Fsp3) is 0.370. The smallest absolute Gasteiger partial charge is 0.324 e. The molecule has 5 heterocycles. The maximum Gasteiger partial charge on any atom is 0.324 e. The first-order valence-electron chi connectivity index (χ1n) is 12.3. The van der Waals surface area contributed by atoms with Gasteiger partial charge in [-0.05, 0) is 42.2 Å². The molecule has 0 N–H and O–H groups in total. The number of fused-ring (bicyclic) bond motifs is 4. The number of methoxy groups -OCH3 is 1. The summed E-state index contributed by atoms with van der Waals surface area (Å²) in [6.45, 7) is 2.47. The summed E-state index contributed by atoms with van der Waals surface area (Å²) in [6.07, 6.45) is 5.16. The van der Waals surface area contributed by atoms with Gasteiger partial charge in [-0.3, -0.25) is 19.7 Å². The molecule has 1 saturated heterocycles. The third-order valence-corrected chi connectivity index (χ3v) is 7.33. The number of ether oxygens (including phenoxy) is 1. The third-order valence-electron chi connectivity index (χ3n) is 7.33. The molecule has 0 atom stereocenters. The summed E-state index contributed by atoms with van der Waals surface area (Å²) >= 11 is 0. The number of pyridine rings is 2. The van der Waals surface area contributed by atoms with Crippen LogP contribution in [0, 0.1) is 0 Å². The number of anilines is 1. The van der Waals surface area contributed by atoms with Crippen molar-refractivity contribution in [1.82, 2.24) is 19.8 Å². The van der Waals surface area contributed by atoms with E-state index in [4.69, 9.17) is 9.72 Å². The molecule has 0 saturated carbocycles. The Labute approximate surface area is 209 Å². The number of carbonyl (C=O) groups is 2. The van der Waals surface area contributed by atoms with Gasteiger partial charge in [-0.25, -0.2) is 9.78 Å². The summed E-state index contributed by atoms with van der Waals surface area (Å²) in [4.78, 5) is 45.3. The Kier molecular flexibility index (Phi) is 5.64. The molecule has 1 aromatic carbocycles. The molecule has 3 aliphatic heterocycles. The molecule has 36 heavy (non-hydrogen) atoms. The van der Waals surface area contributed by atoms with E-state index in [0.717, 1.165) is 45.6 Å². The molecule has 3 amide bonds. The second-order valence-electron chi connectivity index (χ2n) is 9.63. The highest BCUT2D eigenvalue weighted by molar-refractivity contribution is 6.04.